The van der Waals surface area contributed by atoms with Gasteiger partial charge in [-0.25, -0.2) is 8.42 Å². The molecule has 0 aliphatic rings. The van der Waals surface area contributed by atoms with Crippen molar-refractivity contribution in [1.82, 2.24) is 5.32 Å². The lowest BCUT2D eigenvalue weighted by Crippen LogP contribution is -2.49. The molecule has 0 unspecified atom stereocenters. The Labute approximate surface area is 186 Å². The molecule has 1 amide bonds. The summed E-state index contributed by atoms with van der Waals surface area (Å²) in [5.41, 5.74) is 2.61. The number of carbonyl (C=O) groups excluding carboxylic acids is 1. The van der Waals surface area contributed by atoms with Gasteiger partial charge in [-0.3, -0.25) is 9.10 Å². The Hall–Kier alpha value is -2.54. The van der Waals surface area contributed by atoms with Crippen molar-refractivity contribution in [3.8, 4) is 5.75 Å². The van der Waals surface area contributed by atoms with E-state index in [1.54, 1.807) is 31.2 Å². The number of hydrogen-bond donors (Lipinski definition) is 1. The first-order chi connectivity index (χ1) is 14.4. The van der Waals surface area contributed by atoms with Gasteiger partial charge in [-0.1, -0.05) is 58.0 Å². The van der Waals surface area contributed by atoms with Crippen LogP contribution in [0.5, 0.6) is 5.75 Å². The zero-order valence-corrected chi connectivity index (χ0v) is 20.3. The molecule has 0 saturated carbocycles. The number of nitrogens with zero attached hydrogens (tertiary/aromatic N) is 1. The number of sulfonamides is 1. The summed E-state index contributed by atoms with van der Waals surface area (Å²) in [4.78, 5) is 13.2. The number of rotatable bonds is 8. The number of anilines is 1. The van der Waals surface area contributed by atoms with E-state index < -0.39 is 16.1 Å². The summed E-state index contributed by atoms with van der Waals surface area (Å²) in [5, 5.41) is 2.98. The fourth-order valence-corrected chi connectivity index (χ4v) is 4.68. The Morgan fingerprint density at radius 3 is 2.23 bits per heavy atom. The standard InChI is InChI=1S/C24H34N2O4S/c1-8-22(26(31(7,28)29)20-10-9-11-21(16-20)30-6)23(27)25-17(2)18-12-14-19(15-13-18)24(3,4)5/h9-17,22H,8H2,1-7H3,(H,25,27)/t17-,22-/m0/s1. The summed E-state index contributed by atoms with van der Waals surface area (Å²) in [6.07, 6.45) is 1.43. The molecule has 7 heteroatoms. The van der Waals surface area contributed by atoms with E-state index in [-0.39, 0.29) is 17.4 Å². The Balaban J connectivity index is 2.29. The summed E-state index contributed by atoms with van der Waals surface area (Å²) in [6, 6.07) is 13.7. The van der Waals surface area contributed by atoms with Crippen molar-refractivity contribution in [2.24, 2.45) is 0 Å². The quantitative estimate of drug-likeness (QED) is 0.651. The zero-order valence-electron chi connectivity index (χ0n) is 19.5. The molecule has 0 aromatic heterocycles. The molecule has 0 fully saturated rings. The minimum Gasteiger partial charge on any atom is -0.497 e. The third kappa shape index (κ3) is 6.23. The van der Waals surface area contributed by atoms with Crippen molar-refractivity contribution in [1.29, 1.82) is 0 Å². The summed E-state index contributed by atoms with van der Waals surface area (Å²) in [6.45, 7) is 10.1. The number of nitrogens with one attached hydrogen (secondary N) is 1. The lowest BCUT2D eigenvalue weighted by Gasteiger charge is -2.31. The molecule has 0 aliphatic carbocycles. The highest BCUT2D eigenvalue weighted by molar-refractivity contribution is 7.92. The molecule has 2 atom stereocenters. The third-order valence-corrected chi connectivity index (χ3v) is 6.45. The predicted octanol–water partition coefficient (Wildman–Crippen LogP) is 4.41. The predicted molar refractivity (Wildman–Crippen MR) is 126 cm³/mol. The van der Waals surface area contributed by atoms with Crippen LogP contribution in [0.1, 0.15) is 58.2 Å². The number of hydrogen-bond acceptors (Lipinski definition) is 4. The Kier molecular flexibility index (Phi) is 7.76. The number of ether oxygens (including phenoxy) is 1. The van der Waals surface area contributed by atoms with Crippen LogP contribution in [0.15, 0.2) is 48.5 Å². The van der Waals surface area contributed by atoms with Gasteiger partial charge < -0.3 is 10.1 Å². The first-order valence-corrected chi connectivity index (χ1v) is 12.3. The van der Waals surface area contributed by atoms with Gasteiger partial charge in [-0.05, 0) is 42.0 Å². The lowest BCUT2D eigenvalue weighted by atomic mass is 9.86. The molecule has 1 N–H and O–H groups in total. The number of benzene rings is 2. The van der Waals surface area contributed by atoms with Crippen molar-refractivity contribution in [2.75, 3.05) is 17.7 Å². The Morgan fingerprint density at radius 1 is 1.13 bits per heavy atom. The van der Waals surface area contributed by atoms with Gasteiger partial charge in [0.15, 0.2) is 0 Å². The summed E-state index contributed by atoms with van der Waals surface area (Å²) >= 11 is 0. The fraction of sp³-hybridized carbons (Fsp3) is 0.458. The minimum absolute atomic E-state index is 0.0467. The molecule has 170 valence electrons. The van der Waals surface area contributed by atoms with Crippen LogP contribution >= 0.6 is 0 Å². The highest BCUT2D eigenvalue weighted by Gasteiger charge is 2.32. The van der Waals surface area contributed by atoms with Crippen LogP contribution in [-0.2, 0) is 20.2 Å². The number of methoxy groups -OCH3 is 1. The third-order valence-electron chi connectivity index (χ3n) is 5.27. The van der Waals surface area contributed by atoms with Gasteiger partial charge in [0.1, 0.15) is 11.8 Å². The van der Waals surface area contributed by atoms with E-state index in [2.05, 4.69) is 38.2 Å². The maximum absolute atomic E-state index is 13.2. The molecule has 6 nitrogen and oxygen atoms in total. The molecule has 31 heavy (non-hydrogen) atoms. The maximum atomic E-state index is 13.2. The normalized spacial score (nSPS) is 13.9. The first-order valence-electron chi connectivity index (χ1n) is 10.4. The SMILES string of the molecule is CC[C@@H](C(=O)N[C@@H](C)c1ccc(C(C)(C)C)cc1)N(c1cccc(OC)c1)S(C)(=O)=O. The molecule has 0 spiro atoms. The van der Waals surface area contributed by atoms with Gasteiger partial charge in [0.05, 0.1) is 25.1 Å². The van der Waals surface area contributed by atoms with Crippen molar-refractivity contribution in [3.63, 3.8) is 0 Å². The molecule has 2 aromatic rings. The molecule has 0 bridgehead atoms. The average molecular weight is 447 g/mol. The van der Waals surface area contributed by atoms with Gasteiger partial charge in [0.25, 0.3) is 0 Å². The van der Waals surface area contributed by atoms with Crippen LogP contribution in [0, 0.1) is 0 Å². The van der Waals surface area contributed by atoms with Crippen LogP contribution in [0.2, 0.25) is 0 Å². The second-order valence-electron chi connectivity index (χ2n) is 8.79. The van der Waals surface area contributed by atoms with Crippen LogP contribution in [0.25, 0.3) is 0 Å². The number of amides is 1. The van der Waals surface area contributed by atoms with Crippen LogP contribution in [-0.4, -0.2) is 33.7 Å². The van der Waals surface area contributed by atoms with Crippen LogP contribution in [0.3, 0.4) is 0 Å². The zero-order chi connectivity index (χ0) is 23.4. The van der Waals surface area contributed by atoms with Gasteiger partial charge in [0.2, 0.25) is 15.9 Å². The summed E-state index contributed by atoms with van der Waals surface area (Å²) in [7, 11) is -2.19. The van der Waals surface area contributed by atoms with Gasteiger partial charge in [-0.15, -0.1) is 0 Å². The van der Waals surface area contributed by atoms with E-state index in [1.165, 1.54) is 17.0 Å². The molecule has 0 heterocycles. The molecular weight excluding hydrogens is 412 g/mol. The topological polar surface area (TPSA) is 75.7 Å². The van der Waals surface area contributed by atoms with E-state index >= 15 is 0 Å². The second kappa shape index (κ2) is 9.73. The molecule has 2 rings (SSSR count). The van der Waals surface area contributed by atoms with Gasteiger partial charge in [-0.2, -0.15) is 0 Å². The molecule has 0 radical (unpaired) electrons. The second-order valence-corrected chi connectivity index (χ2v) is 10.6. The van der Waals surface area contributed by atoms with E-state index in [1.807, 2.05) is 19.1 Å². The maximum Gasteiger partial charge on any atom is 0.244 e. The molecular formula is C24H34N2O4S. The van der Waals surface area contributed by atoms with Crippen molar-refractivity contribution in [3.05, 3.63) is 59.7 Å². The molecule has 2 aromatic carbocycles. The molecule has 0 saturated heterocycles. The van der Waals surface area contributed by atoms with E-state index in [0.29, 0.717) is 17.9 Å². The Bertz CT molecular complexity index is 995. The minimum atomic E-state index is -3.70. The van der Waals surface area contributed by atoms with E-state index in [9.17, 15) is 13.2 Å². The largest absolute Gasteiger partial charge is 0.497 e. The first kappa shape index (κ1) is 24.7. The van der Waals surface area contributed by atoms with Crippen molar-refractivity contribution < 1.29 is 17.9 Å². The monoisotopic (exact) mass is 446 g/mol. The van der Waals surface area contributed by atoms with Gasteiger partial charge >= 0.3 is 0 Å². The Morgan fingerprint density at radius 2 is 1.74 bits per heavy atom. The van der Waals surface area contributed by atoms with Crippen molar-refractivity contribution >= 4 is 21.6 Å². The van der Waals surface area contributed by atoms with E-state index in [0.717, 1.165) is 11.8 Å². The average Bonchev–Trinajstić information content (AvgIpc) is 2.70. The van der Waals surface area contributed by atoms with Crippen LogP contribution in [0.4, 0.5) is 5.69 Å². The number of carbonyl (C=O) groups is 1. The summed E-state index contributed by atoms with van der Waals surface area (Å²) < 4.78 is 31.6. The van der Waals surface area contributed by atoms with E-state index in [4.69, 9.17) is 4.74 Å². The fourth-order valence-electron chi connectivity index (χ4n) is 3.47. The highest BCUT2D eigenvalue weighted by Crippen LogP contribution is 2.27. The highest BCUT2D eigenvalue weighted by atomic mass is 32.2. The van der Waals surface area contributed by atoms with Crippen LogP contribution < -0.4 is 14.4 Å². The smallest absolute Gasteiger partial charge is 0.244 e. The molecule has 0 aliphatic heterocycles. The lowest BCUT2D eigenvalue weighted by molar-refractivity contribution is -0.122. The van der Waals surface area contributed by atoms with Gasteiger partial charge in [0, 0.05) is 6.07 Å². The summed E-state index contributed by atoms with van der Waals surface area (Å²) in [5.74, 6) is 0.178. The van der Waals surface area contributed by atoms with Crippen molar-refractivity contribution in [2.45, 2.75) is 58.5 Å².